The molecule has 0 saturated carbocycles. The smallest absolute Gasteiger partial charge is 0.384 e. The number of sulfone groups is 1. The molecule has 4 nitrogen and oxygen atoms in total. The van der Waals surface area contributed by atoms with Crippen LogP contribution in [0, 0.1) is 11.8 Å². The molecule has 12 heavy (non-hydrogen) atoms. The van der Waals surface area contributed by atoms with Crippen LogP contribution < -0.4 is 0 Å². The van der Waals surface area contributed by atoms with Gasteiger partial charge in [-0.25, -0.2) is 13.2 Å². The molecule has 0 aromatic heterocycles. The summed E-state index contributed by atoms with van der Waals surface area (Å²) >= 11 is 0. The lowest BCUT2D eigenvalue weighted by Crippen LogP contribution is -2.13. The lowest BCUT2D eigenvalue weighted by Gasteiger charge is -1.97. The third-order valence-corrected chi connectivity index (χ3v) is 2.61. The van der Waals surface area contributed by atoms with Crippen LogP contribution in [0.4, 0.5) is 0 Å². The summed E-state index contributed by atoms with van der Waals surface area (Å²) in [5.41, 5.74) is 0. The van der Waals surface area contributed by atoms with Crippen LogP contribution in [0.5, 0.6) is 0 Å². The molecule has 5 heteroatoms. The molecule has 0 saturated heterocycles. The van der Waals surface area contributed by atoms with Crippen molar-refractivity contribution in [3.63, 3.8) is 0 Å². The Kier molecular flexibility index (Phi) is 3.77. The Balaban J connectivity index is 4.44. The van der Waals surface area contributed by atoms with Gasteiger partial charge in [-0.2, -0.15) is 0 Å². The standard InChI is InChI=1S/C7H10O4S/c1-6(12(3,9)10)4-5-7(8)11-2/h6H,1-3H3. The number of ether oxygens (including phenoxy) is 1. The van der Waals surface area contributed by atoms with Gasteiger partial charge in [-0.15, -0.1) is 0 Å². The molecule has 0 aromatic carbocycles. The molecule has 0 aliphatic heterocycles. The summed E-state index contributed by atoms with van der Waals surface area (Å²) in [7, 11) is -2.01. The Labute approximate surface area is 71.8 Å². The SMILES string of the molecule is COC(=O)C#CC(C)S(C)(=O)=O. The van der Waals surface area contributed by atoms with E-state index in [0.29, 0.717) is 0 Å². The fourth-order valence-electron chi connectivity index (χ4n) is 0.319. The zero-order valence-electron chi connectivity index (χ0n) is 7.12. The molecule has 0 heterocycles. The maximum atomic E-state index is 10.8. The highest BCUT2D eigenvalue weighted by molar-refractivity contribution is 7.91. The minimum absolute atomic E-state index is 0.731. The van der Waals surface area contributed by atoms with Crippen molar-refractivity contribution in [2.24, 2.45) is 0 Å². The van der Waals surface area contributed by atoms with Crippen LogP contribution in [0.2, 0.25) is 0 Å². The minimum atomic E-state index is -3.19. The summed E-state index contributed by atoms with van der Waals surface area (Å²) in [4.78, 5) is 10.5. The molecule has 0 aliphatic carbocycles. The Morgan fingerprint density at radius 3 is 2.33 bits per heavy atom. The van der Waals surface area contributed by atoms with Gasteiger partial charge in [0.15, 0.2) is 9.84 Å². The highest BCUT2D eigenvalue weighted by Crippen LogP contribution is 1.94. The van der Waals surface area contributed by atoms with Crippen LogP contribution in [0.3, 0.4) is 0 Å². The zero-order valence-corrected chi connectivity index (χ0v) is 7.94. The maximum absolute atomic E-state index is 10.8. The van der Waals surface area contributed by atoms with E-state index in [1.165, 1.54) is 14.0 Å². The largest absolute Gasteiger partial charge is 0.459 e. The fraction of sp³-hybridized carbons (Fsp3) is 0.571. The first-order valence-corrected chi connectivity index (χ1v) is 5.11. The third-order valence-electron chi connectivity index (χ3n) is 1.21. The van der Waals surface area contributed by atoms with Crippen molar-refractivity contribution in [2.45, 2.75) is 12.2 Å². The second-order valence-electron chi connectivity index (χ2n) is 2.23. The lowest BCUT2D eigenvalue weighted by atomic mass is 10.4. The van der Waals surface area contributed by atoms with Crippen LogP contribution in [0.25, 0.3) is 0 Å². The second kappa shape index (κ2) is 4.12. The number of carbonyl (C=O) groups excluding carboxylic acids is 1. The Bertz CT molecular complexity index is 317. The van der Waals surface area contributed by atoms with E-state index in [0.717, 1.165) is 6.26 Å². The molecule has 1 atom stereocenters. The maximum Gasteiger partial charge on any atom is 0.384 e. The molecule has 0 fully saturated rings. The highest BCUT2D eigenvalue weighted by Gasteiger charge is 2.10. The summed E-state index contributed by atoms with van der Waals surface area (Å²) in [6, 6.07) is 0. The van der Waals surface area contributed by atoms with E-state index >= 15 is 0 Å². The van der Waals surface area contributed by atoms with E-state index in [1.54, 1.807) is 0 Å². The molecule has 1 unspecified atom stereocenters. The number of carbonyl (C=O) groups is 1. The monoisotopic (exact) mass is 190 g/mol. The van der Waals surface area contributed by atoms with Crippen LogP contribution in [-0.2, 0) is 19.4 Å². The molecular formula is C7H10O4S. The van der Waals surface area contributed by atoms with Crippen LogP contribution in [0.15, 0.2) is 0 Å². The molecule has 0 bridgehead atoms. The molecule has 0 spiro atoms. The summed E-state index contributed by atoms with van der Waals surface area (Å²) in [5.74, 6) is 3.58. The predicted molar refractivity (Wildman–Crippen MR) is 44.1 cm³/mol. The Hall–Kier alpha value is -1.02. The summed E-state index contributed by atoms with van der Waals surface area (Å²) in [5, 5.41) is -0.836. The molecule has 68 valence electrons. The quantitative estimate of drug-likeness (QED) is 0.320. The first kappa shape index (κ1) is 11.0. The fourth-order valence-corrected chi connectivity index (χ4v) is 0.592. The summed E-state index contributed by atoms with van der Waals surface area (Å²) in [6.07, 6.45) is 1.06. The van der Waals surface area contributed by atoms with E-state index in [9.17, 15) is 13.2 Å². The van der Waals surface area contributed by atoms with Crippen molar-refractivity contribution in [1.29, 1.82) is 0 Å². The van der Waals surface area contributed by atoms with Crippen LogP contribution in [0.1, 0.15) is 6.92 Å². The number of esters is 1. The molecular weight excluding hydrogens is 180 g/mol. The molecule has 0 rings (SSSR count). The van der Waals surface area contributed by atoms with E-state index in [2.05, 4.69) is 10.7 Å². The molecule has 0 aliphatic rings. The van der Waals surface area contributed by atoms with Crippen molar-refractivity contribution in [3.8, 4) is 11.8 Å². The molecule has 0 amide bonds. The first-order chi connectivity index (χ1) is 5.38. The van der Waals surface area contributed by atoms with Gasteiger partial charge >= 0.3 is 5.97 Å². The normalized spacial score (nSPS) is 12.6. The van der Waals surface area contributed by atoms with Crippen molar-refractivity contribution in [3.05, 3.63) is 0 Å². The summed E-state index contributed by atoms with van der Waals surface area (Å²) < 4.78 is 25.8. The average Bonchev–Trinajstić information content (AvgIpc) is 1.97. The van der Waals surface area contributed by atoms with Gasteiger partial charge in [-0.05, 0) is 6.92 Å². The van der Waals surface area contributed by atoms with Crippen LogP contribution >= 0.6 is 0 Å². The number of hydrogen-bond donors (Lipinski definition) is 0. The molecule has 0 radical (unpaired) electrons. The minimum Gasteiger partial charge on any atom is -0.459 e. The lowest BCUT2D eigenvalue weighted by molar-refractivity contribution is -0.133. The molecule has 0 N–H and O–H groups in total. The zero-order chi connectivity index (χ0) is 9.78. The van der Waals surface area contributed by atoms with Gasteiger partial charge in [0.25, 0.3) is 0 Å². The number of hydrogen-bond acceptors (Lipinski definition) is 4. The second-order valence-corrected chi connectivity index (χ2v) is 4.60. The van der Waals surface area contributed by atoms with Gasteiger partial charge in [-0.3, -0.25) is 0 Å². The van der Waals surface area contributed by atoms with Gasteiger partial charge in [0.1, 0.15) is 5.25 Å². The van der Waals surface area contributed by atoms with Gasteiger partial charge in [0, 0.05) is 12.2 Å². The summed E-state index contributed by atoms with van der Waals surface area (Å²) in [6.45, 7) is 1.41. The van der Waals surface area contributed by atoms with Crippen molar-refractivity contribution >= 4 is 15.8 Å². The van der Waals surface area contributed by atoms with Gasteiger partial charge in [0.2, 0.25) is 0 Å². The topological polar surface area (TPSA) is 60.4 Å². The van der Waals surface area contributed by atoms with E-state index in [-0.39, 0.29) is 0 Å². The van der Waals surface area contributed by atoms with Crippen molar-refractivity contribution in [2.75, 3.05) is 13.4 Å². The van der Waals surface area contributed by atoms with Gasteiger partial charge < -0.3 is 4.74 Å². The average molecular weight is 190 g/mol. The molecule has 0 aromatic rings. The number of rotatable bonds is 1. The van der Waals surface area contributed by atoms with Gasteiger partial charge in [-0.1, -0.05) is 5.92 Å². The highest BCUT2D eigenvalue weighted by atomic mass is 32.2. The van der Waals surface area contributed by atoms with Gasteiger partial charge in [0.05, 0.1) is 7.11 Å². The number of methoxy groups -OCH3 is 1. The predicted octanol–water partition coefficient (Wildman–Crippen LogP) is -0.404. The first-order valence-electron chi connectivity index (χ1n) is 3.16. The van der Waals surface area contributed by atoms with E-state index in [4.69, 9.17) is 0 Å². The van der Waals surface area contributed by atoms with E-state index in [1.807, 2.05) is 5.92 Å². The Morgan fingerprint density at radius 1 is 1.50 bits per heavy atom. The van der Waals surface area contributed by atoms with Crippen LogP contribution in [-0.4, -0.2) is 33.0 Å². The van der Waals surface area contributed by atoms with E-state index < -0.39 is 21.1 Å². The van der Waals surface area contributed by atoms with Crippen molar-refractivity contribution < 1.29 is 17.9 Å². The van der Waals surface area contributed by atoms with Crippen molar-refractivity contribution in [1.82, 2.24) is 0 Å². The Morgan fingerprint density at radius 2 is 2.00 bits per heavy atom. The third kappa shape index (κ3) is 3.98.